The second kappa shape index (κ2) is 5.07. The summed E-state index contributed by atoms with van der Waals surface area (Å²) in [5, 5.41) is 0.136. The number of hydrogen-bond donors (Lipinski definition) is 1. The largest absolute Gasteiger partial charge is 0.331 e. The molecule has 112 valence electrons. The first kappa shape index (κ1) is 13.7. The van der Waals surface area contributed by atoms with Crippen molar-refractivity contribution >= 4 is 34.9 Å². The minimum Gasteiger partial charge on any atom is -0.331 e. The monoisotopic (exact) mass is 325 g/mol. The fourth-order valence-electron chi connectivity index (χ4n) is 3.92. The van der Waals surface area contributed by atoms with Crippen molar-refractivity contribution in [3.8, 4) is 0 Å². The van der Waals surface area contributed by atoms with Gasteiger partial charge in [-0.3, -0.25) is 0 Å². The molecule has 2 aliphatic rings. The summed E-state index contributed by atoms with van der Waals surface area (Å²) in [6.45, 7) is 2.33. The Morgan fingerprint density at radius 1 is 1.24 bits per heavy atom. The standard InChI is InChI=1S/C15H17ClFN3S/c16-11-7-13-14(8-12(11)17)20(15(21)18-13)10-3-5-19-4-1-2-9(19)6-10/h7-10H,1-6H2,(H,18,21). The molecule has 0 bridgehead atoms. The fraction of sp³-hybridized carbons (Fsp3) is 0.533. The highest BCUT2D eigenvalue weighted by atomic mass is 35.5. The SMILES string of the molecule is Fc1cc2c(cc1Cl)[nH]c(=S)n2C1CCN2CCCC2C1. The van der Waals surface area contributed by atoms with Gasteiger partial charge >= 0.3 is 0 Å². The third kappa shape index (κ3) is 2.22. The summed E-state index contributed by atoms with van der Waals surface area (Å²) < 4.78 is 16.6. The Morgan fingerprint density at radius 3 is 2.95 bits per heavy atom. The molecule has 0 aliphatic carbocycles. The predicted molar refractivity (Wildman–Crippen MR) is 85.0 cm³/mol. The zero-order chi connectivity index (χ0) is 14.6. The average molecular weight is 326 g/mol. The van der Waals surface area contributed by atoms with Crippen molar-refractivity contribution in [3.63, 3.8) is 0 Å². The molecule has 1 aromatic carbocycles. The summed E-state index contributed by atoms with van der Waals surface area (Å²) in [6.07, 6.45) is 4.74. The topological polar surface area (TPSA) is 24.0 Å². The minimum absolute atomic E-state index is 0.136. The second-order valence-corrected chi connectivity index (χ2v) is 6.89. The summed E-state index contributed by atoms with van der Waals surface area (Å²) in [4.78, 5) is 5.74. The molecule has 2 saturated heterocycles. The molecule has 4 rings (SSSR count). The number of aromatic amines is 1. The van der Waals surface area contributed by atoms with E-state index >= 15 is 0 Å². The zero-order valence-electron chi connectivity index (χ0n) is 11.6. The third-order valence-corrected chi connectivity index (χ3v) is 5.50. The van der Waals surface area contributed by atoms with Gasteiger partial charge in [0.1, 0.15) is 5.82 Å². The van der Waals surface area contributed by atoms with Gasteiger partial charge < -0.3 is 14.5 Å². The molecule has 6 heteroatoms. The summed E-state index contributed by atoms with van der Waals surface area (Å²) in [6, 6.07) is 4.15. The van der Waals surface area contributed by atoms with E-state index in [4.69, 9.17) is 23.8 Å². The maximum atomic E-state index is 13.8. The predicted octanol–water partition coefficient (Wildman–Crippen LogP) is 4.29. The first-order valence-electron chi connectivity index (χ1n) is 7.47. The number of H-pyrrole nitrogens is 1. The van der Waals surface area contributed by atoms with Crippen LogP contribution in [0.15, 0.2) is 12.1 Å². The van der Waals surface area contributed by atoms with E-state index in [2.05, 4.69) is 14.5 Å². The molecule has 0 radical (unpaired) electrons. The van der Waals surface area contributed by atoms with E-state index in [0.717, 1.165) is 30.4 Å². The highest BCUT2D eigenvalue weighted by Crippen LogP contribution is 2.35. The molecular weight excluding hydrogens is 309 g/mol. The number of benzene rings is 1. The number of imidazole rings is 1. The van der Waals surface area contributed by atoms with E-state index in [9.17, 15) is 4.39 Å². The minimum atomic E-state index is -0.384. The first-order valence-corrected chi connectivity index (χ1v) is 8.25. The van der Waals surface area contributed by atoms with E-state index in [-0.39, 0.29) is 10.8 Å². The Hall–Kier alpha value is -0.910. The van der Waals surface area contributed by atoms with Crippen molar-refractivity contribution in [2.45, 2.75) is 37.8 Å². The van der Waals surface area contributed by atoms with Gasteiger partial charge in [-0.15, -0.1) is 0 Å². The van der Waals surface area contributed by atoms with Crippen molar-refractivity contribution in [1.29, 1.82) is 0 Å². The van der Waals surface area contributed by atoms with Crippen LogP contribution < -0.4 is 0 Å². The smallest absolute Gasteiger partial charge is 0.178 e. The van der Waals surface area contributed by atoms with Crippen LogP contribution in [0.1, 0.15) is 31.7 Å². The highest BCUT2D eigenvalue weighted by molar-refractivity contribution is 7.71. The molecule has 2 aromatic rings. The molecule has 21 heavy (non-hydrogen) atoms. The number of aromatic nitrogens is 2. The van der Waals surface area contributed by atoms with E-state index in [1.807, 2.05) is 0 Å². The number of nitrogens with zero attached hydrogens (tertiary/aromatic N) is 2. The van der Waals surface area contributed by atoms with Gasteiger partial charge in [0.2, 0.25) is 0 Å². The lowest BCUT2D eigenvalue weighted by Gasteiger charge is -2.35. The molecule has 3 heterocycles. The van der Waals surface area contributed by atoms with Crippen molar-refractivity contribution < 1.29 is 4.39 Å². The van der Waals surface area contributed by atoms with Gasteiger partial charge in [0, 0.05) is 24.7 Å². The van der Waals surface area contributed by atoms with Crippen LogP contribution in [-0.4, -0.2) is 33.6 Å². The van der Waals surface area contributed by atoms with E-state index in [1.54, 1.807) is 6.07 Å². The van der Waals surface area contributed by atoms with E-state index < -0.39 is 0 Å². The van der Waals surface area contributed by atoms with Crippen molar-refractivity contribution in [3.05, 3.63) is 27.7 Å². The van der Waals surface area contributed by atoms with Gasteiger partial charge in [-0.05, 0) is 50.5 Å². The van der Waals surface area contributed by atoms with Crippen LogP contribution in [0.5, 0.6) is 0 Å². The van der Waals surface area contributed by atoms with Gasteiger partial charge in [0.25, 0.3) is 0 Å². The van der Waals surface area contributed by atoms with Crippen molar-refractivity contribution in [1.82, 2.24) is 14.5 Å². The molecule has 2 fully saturated rings. The fourth-order valence-corrected chi connectivity index (χ4v) is 4.44. The molecule has 0 amide bonds. The Bertz CT molecular complexity index is 753. The lowest BCUT2D eigenvalue weighted by atomic mass is 9.97. The van der Waals surface area contributed by atoms with Crippen LogP contribution in [0.2, 0.25) is 5.02 Å². The lowest BCUT2D eigenvalue weighted by molar-refractivity contribution is 0.156. The molecule has 1 N–H and O–H groups in total. The maximum absolute atomic E-state index is 13.8. The van der Waals surface area contributed by atoms with Crippen molar-refractivity contribution in [2.75, 3.05) is 13.1 Å². The molecule has 2 aliphatic heterocycles. The summed E-state index contributed by atoms with van der Waals surface area (Å²) >= 11 is 11.3. The lowest BCUT2D eigenvalue weighted by Crippen LogP contribution is -2.38. The van der Waals surface area contributed by atoms with E-state index in [1.165, 1.54) is 25.5 Å². The van der Waals surface area contributed by atoms with Crippen LogP contribution in [0, 0.1) is 10.6 Å². The average Bonchev–Trinajstić information content (AvgIpc) is 3.02. The van der Waals surface area contributed by atoms with Crippen molar-refractivity contribution in [2.24, 2.45) is 0 Å². The van der Waals surface area contributed by atoms with E-state index in [0.29, 0.717) is 16.9 Å². The number of halogens is 2. The molecule has 2 atom stereocenters. The summed E-state index contributed by atoms with van der Waals surface area (Å²) in [5.74, 6) is -0.384. The normalized spacial score (nSPS) is 26.4. The number of rotatable bonds is 1. The highest BCUT2D eigenvalue weighted by Gasteiger charge is 2.33. The Morgan fingerprint density at radius 2 is 2.10 bits per heavy atom. The van der Waals surface area contributed by atoms with Gasteiger partial charge in [-0.25, -0.2) is 4.39 Å². The number of nitrogens with one attached hydrogen (secondary N) is 1. The Labute approximate surface area is 132 Å². The number of hydrogen-bond acceptors (Lipinski definition) is 2. The molecule has 0 spiro atoms. The van der Waals surface area contributed by atoms with Crippen LogP contribution >= 0.6 is 23.8 Å². The number of fused-ring (bicyclic) bond motifs is 2. The van der Waals surface area contributed by atoms with Gasteiger partial charge in [0.15, 0.2) is 4.77 Å². The van der Waals surface area contributed by atoms with Crippen LogP contribution in [0.3, 0.4) is 0 Å². The molecule has 1 aromatic heterocycles. The Balaban J connectivity index is 1.77. The van der Waals surface area contributed by atoms with Crippen LogP contribution in [0.4, 0.5) is 4.39 Å². The molecule has 2 unspecified atom stereocenters. The molecule has 0 saturated carbocycles. The molecular formula is C15H17ClFN3S. The third-order valence-electron chi connectivity index (χ3n) is 4.92. The zero-order valence-corrected chi connectivity index (χ0v) is 13.2. The van der Waals surface area contributed by atoms with Gasteiger partial charge in [-0.2, -0.15) is 0 Å². The molecule has 3 nitrogen and oxygen atoms in total. The summed E-state index contributed by atoms with van der Waals surface area (Å²) in [5.41, 5.74) is 1.65. The first-order chi connectivity index (χ1) is 10.1. The van der Waals surface area contributed by atoms with Crippen LogP contribution in [0.25, 0.3) is 11.0 Å². The summed E-state index contributed by atoms with van der Waals surface area (Å²) in [7, 11) is 0. The number of piperidine rings is 1. The van der Waals surface area contributed by atoms with Gasteiger partial charge in [-0.1, -0.05) is 11.6 Å². The quantitative estimate of drug-likeness (QED) is 0.791. The Kier molecular flexibility index (Phi) is 3.32. The second-order valence-electron chi connectivity index (χ2n) is 6.09. The van der Waals surface area contributed by atoms with Crippen LogP contribution in [-0.2, 0) is 0 Å². The van der Waals surface area contributed by atoms with Gasteiger partial charge in [0.05, 0.1) is 16.1 Å². The maximum Gasteiger partial charge on any atom is 0.178 e.